The third kappa shape index (κ3) is 8.16. The summed E-state index contributed by atoms with van der Waals surface area (Å²) in [5, 5.41) is 6.79. The van der Waals surface area contributed by atoms with Crippen LogP contribution in [0, 0.1) is 0 Å². The Morgan fingerprint density at radius 2 is 1.68 bits per heavy atom. The zero-order valence-electron chi connectivity index (χ0n) is 22.5. The summed E-state index contributed by atoms with van der Waals surface area (Å²) in [5.41, 5.74) is 4.24. The maximum Gasteiger partial charge on any atom is 0.141 e. The van der Waals surface area contributed by atoms with Crippen molar-refractivity contribution in [2.75, 3.05) is 19.9 Å². The normalized spacial score (nSPS) is 21.9. The van der Waals surface area contributed by atoms with Gasteiger partial charge in [-0.2, -0.15) is 0 Å². The van der Waals surface area contributed by atoms with Crippen LogP contribution >= 0.6 is 0 Å². The molecule has 1 unspecified atom stereocenters. The summed E-state index contributed by atoms with van der Waals surface area (Å²) >= 11 is 0. The SMILES string of the molecule is C=C/C1=C(\C=C)OCC(C)c2cccc(c2)C(C)(C)COC2=CCCC=C2NCN1.CC.CC. The predicted molar refractivity (Wildman–Crippen MR) is 146 cm³/mol. The van der Waals surface area contributed by atoms with Crippen LogP contribution in [0.5, 0.6) is 0 Å². The summed E-state index contributed by atoms with van der Waals surface area (Å²) in [5.74, 6) is 1.85. The average Bonchev–Trinajstić information content (AvgIpc) is 2.89. The first-order valence-electron chi connectivity index (χ1n) is 12.7. The van der Waals surface area contributed by atoms with E-state index in [0.29, 0.717) is 25.6 Å². The molecule has 1 aliphatic heterocycles. The Balaban J connectivity index is 0.00000137. The van der Waals surface area contributed by atoms with Gasteiger partial charge in [0, 0.05) is 11.3 Å². The molecule has 0 fully saturated rings. The van der Waals surface area contributed by atoms with Crippen LogP contribution in [0.15, 0.2) is 84.6 Å². The average molecular weight is 467 g/mol. The fourth-order valence-corrected chi connectivity index (χ4v) is 3.61. The molecule has 0 aromatic heterocycles. The van der Waals surface area contributed by atoms with Gasteiger partial charge < -0.3 is 20.1 Å². The van der Waals surface area contributed by atoms with E-state index in [9.17, 15) is 0 Å². The first-order valence-corrected chi connectivity index (χ1v) is 12.7. The molecule has 0 amide bonds. The molecule has 188 valence electrons. The Morgan fingerprint density at radius 3 is 2.35 bits per heavy atom. The molecule has 1 aromatic rings. The Hall–Kier alpha value is -2.88. The van der Waals surface area contributed by atoms with Crippen molar-refractivity contribution in [2.45, 2.75) is 72.6 Å². The van der Waals surface area contributed by atoms with Crippen LogP contribution in [0.3, 0.4) is 0 Å². The van der Waals surface area contributed by atoms with Gasteiger partial charge in [0.15, 0.2) is 0 Å². The molecule has 0 saturated carbocycles. The molecule has 1 atom stereocenters. The number of hydrogen-bond donors (Lipinski definition) is 2. The molecule has 4 nitrogen and oxygen atoms in total. The van der Waals surface area contributed by atoms with Crippen molar-refractivity contribution in [2.24, 2.45) is 0 Å². The lowest BCUT2D eigenvalue weighted by molar-refractivity contribution is 0.160. The van der Waals surface area contributed by atoms with Gasteiger partial charge in [-0.15, -0.1) is 0 Å². The van der Waals surface area contributed by atoms with Crippen LogP contribution in [-0.4, -0.2) is 19.9 Å². The monoisotopic (exact) mass is 466 g/mol. The summed E-state index contributed by atoms with van der Waals surface area (Å²) in [7, 11) is 0. The molecule has 4 heteroatoms. The standard InChI is InChI=1S/C26H34N2O2.2C2H6/c1-6-22-24(7-2)29-16-19(3)20-11-10-12-21(15-20)26(4,5)17-30-25-14-9-8-13-23(25)28-18-27-22;2*1-2/h6-7,10-15,19,27-28H,1-2,8-9,16-18H2,3-5H3;2*1-2H3/b24-22-;;. The van der Waals surface area contributed by atoms with Gasteiger partial charge in [0.2, 0.25) is 0 Å². The number of benzene rings is 1. The Kier molecular flexibility index (Phi) is 13.0. The zero-order chi connectivity index (χ0) is 25.6. The molecule has 2 N–H and O–H groups in total. The second kappa shape index (κ2) is 15.1. The van der Waals surface area contributed by atoms with E-state index in [1.807, 2.05) is 27.7 Å². The summed E-state index contributed by atoms with van der Waals surface area (Å²) in [6.07, 6.45) is 9.85. The Labute approximate surface area is 208 Å². The first-order chi connectivity index (χ1) is 16.4. The second-order valence-electron chi connectivity index (χ2n) is 8.49. The van der Waals surface area contributed by atoms with Gasteiger partial charge in [-0.3, -0.25) is 0 Å². The lowest BCUT2D eigenvalue weighted by atomic mass is 9.83. The van der Waals surface area contributed by atoms with E-state index < -0.39 is 0 Å². The molecule has 0 radical (unpaired) electrons. The third-order valence-electron chi connectivity index (χ3n) is 5.64. The largest absolute Gasteiger partial charge is 0.491 e. The van der Waals surface area contributed by atoms with Crippen LogP contribution in [0.1, 0.15) is 78.4 Å². The minimum absolute atomic E-state index is 0.114. The maximum absolute atomic E-state index is 6.31. The fraction of sp³-hybridized carbons (Fsp3) is 0.467. The maximum atomic E-state index is 6.31. The smallest absolute Gasteiger partial charge is 0.141 e. The van der Waals surface area contributed by atoms with Crippen molar-refractivity contribution in [3.8, 4) is 0 Å². The molecule has 0 spiro atoms. The number of fused-ring (bicyclic) bond motifs is 3. The summed E-state index contributed by atoms with van der Waals surface area (Å²) < 4.78 is 12.4. The van der Waals surface area contributed by atoms with E-state index in [-0.39, 0.29) is 11.3 Å². The highest BCUT2D eigenvalue weighted by atomic mass is 16.5. The molecule has 2 bridgehead atoms. The molecule has 2 aliphatic rings. The first kappa shape index (κ1) is 29.2. The molecule has 3 rings (SSSR count). The number of ether oxygens (including phenoxy) is 2. The van der Waals surface area contributed by atoms with Crippen LogP contribution in [-0.2, 0) is 14.9 Å². The van der Waals surface area contributed by atoms with E-state index in [2.05, 4.69) is 81.0 Å². The van der Waals surface area contributed by atoms with Crippen molar-refractivity contribution in [3.63, 3.8) is 0 Å². The summed E-state index contributed by atoms with van der Waals surface area (Å²) in [4.78, 5) is 0. The third-order valence-corrected chi connectivity index (χ3v) is 5.64. The van der Waals surface area contributed by atoms with Crippen LogP contribution < -0.4 is 10.6 Å². The van der Waals surface area contributed by atoms with Gasteiger partial charge in [-0.1, -0.05) is 92.0 Å². The van der Waals surface area contributed by atoms with Crippen molar-refractivity contribution < 1.29 is 9.47 Å². The molecule has 0 saturated heterocycles. The quantitative estimate of drug-likeness (QED) is 0.475. The van der Waals surface area contributed by atoms with E-state index in [1.54, 1.807) is 12.2 Å². The molecule has 34 heavy (non-hydrogen) atoms. The molecular weight excluding hydrogens is 420 g/mol. The number of nitrogens with one attached hydrogen (secondary N) is 2. The summed E-state index contributed by atoms with van der Waals surface area (Å²) in [6.45, 7) is 24.2. The van der Waals surface area contributed by atoms with Crippen molar-refractivity contribution in [1.29, 1.82) is 0 Å². The van der Waals surface area contributed by atoms with Crippen LogP contribution in [0.2, 0.25) is 0 Å². The molecule has 1 aliphatic carbocycles. The minimum Gasteiger partial charge on any atom is -0.491 e. The zero-order valence-corrected chi connectivity index (χ0v) is 22.5. The fourth-order valence-electron chi connectivity index (χ4n) is 3.61. The van der Waals surface area contributed by atoms with Crippen LogP contribution in [0.25, 0.3) is 0 Å². The highest BCUT2D eigenvalue weighted by Crippen LogP contribution is 2.29. The van der Waals surface area contributed by atoms with Gasteiger partial charge >= 0.3 is 0 Å². The Bertz CT molecular complexity index is 878. The number of rotatable bonds is 2. The minimum atomic E-state index is -0.114. The number of hydrogen-bond acceptors (Lipinski definition) is 4. The van der Waals surface area contributed by atoms with Gasteiger partial charge in [0.05, 0.1) is 31.3 Å². The Morgan fingerprint density at radius 1 is 0.971 bits per heavy atom. The van der Waals surface area contributed by atoms with Crippen LogP contribution in [0.4, 0.5) is 0 Å². The van der Waals surface area contributed by atoms with E-state index in [1.165, 1.54) is 11.1 Å². The van der Waals surface area contributed by atoms with Gasteiger partial charge in [0.1, 0.15) is 11.5 Å². The van der Waals surface area contributed by atoms with E-state index in [4.69, 9.17) is 9.47 Å². The highest BCUT2D eigenvalue weighted by Gasteiger charge is 2.24. The lowest BCUT2D eigenvalue weighted by Gasteiger charge is -2.29. The summed E-state index contributed by atoms with van der Waals surface area (Å²) in [6, 6.07) is 8.75. The van der Waals surface area contributed by atoms with Crippen molar-refractivity contribution in [1.82, 2.24) is 10.6 Å². The predicted octanol–water partition coefficient (Wildman–Crippen LogP) is 7.45. The molecule has 1 aromatic carbocycles. The van der Waals surface area contributed by atoms with Gasteiger partial charge in [-0.25, -0.2) is 0 Å². The van der Waals surface area contributed by atoms with Gasteiger partial charge in [0.25, 0.3) is 0 Å². The molecule has 1 heterocycles. The van der Waals surface area contributed by atoms with Gasteiger partial charge in [-0.05, 0) is 42.2 Å². The lowest BCUT2D eigenvalue weighted by Crippen LogP contribution is -2.31. The number of allylic oxidation sites excluding steroid dienone is 4. The van der Waals surface area contributed by atoms with Crippen molar-refractivity contribution in [3.05, 3.63) is 95.8 Å². The van der Waals surface area contributed by atoms with E-state index >= 15 is 0 Å². The van der Waals surface area contributed by atoms with E-state index in [0.717, 1.165) is 30.0 Å². The van der Waals surface area contributed by atoms with Crippen molar-refractivity contribution >= 4 is 0 Å². The highest BCUT2D eigenvalue weighted by molar-refractivity contribution is 5.33. The second-order valence-corrected chi connectivity index (χ2v) is 8.49. The topological polar surface area (TPSA) is 42.5 Å². The molecular formula is C30H46N2O2.